The van der Waals surface area contributed by atoms with Crippen molar-refractivity contribution in [3.05, 3.63) is 83.9 Å². The predicted octanol–water partition coefficient (Wildman–Crippen LogP) is 5.00. The van der Waals surface area contributed by atoms with Gasteiger partial charge in [-0.1, -0.05) is 31.5 Å². The molecule has 0 amide bonds. The van der Waals surface area contributed by atoms with Crippen LogP contribution < -0.4 is 14.6 Å². The monoisotopic (exact) mass is 531 g/mol. The molecule has 0 saturated carbocycles. The van der Waals surface area contributed by atoms with Gasteiger partial charge in [0.25, 0.3) is 10.0 Å². The highest BCUT2D eigenvalue weighted by molar-refractivity contribution is 7.90. The first-order chi connectivity index (χ1) is 18.2. The Hall–Kier alpha value is -4.37. The van der Waals surface area contributed by atoms with E-state index in [2.05, 4.69) is 9.38 Å². The number of nitrogens with zero attached hydrogens (tertiary/aromatic N) is 1. The van der Waals surface area contributed by atoms with E-state index < -0.39 is 15.9 Å². The highest BCUT2D eigenvalue weighted by Crippen LogP contribution is 2.37. The van der Waals surface area contributed by atoms with Crippen LogP contribution in [0.1, 0.15) is 35.7 Å². The van der Waals surface area contributed by atoms with E-state index in [-0.39, 0.29) is 22.7 Å². The summed E-state index contributed by atoms with van der Waals surface area (Å²) in [6.45, 7) is 1.76. The largest absolute Gasteiger partial charge is 0.861 e. The van der Waals surface area contributed by atoms with Crippen LogP contribution in [0.3, 0.4) is 0 Å². The Morgan fingerprint density at radius 2 is 1.71 bits per heavy atom. The number of ketones is 1. The van der Waals surface area contributed by atoms with E-state index in [0.29, 0.717) is 23.5 Å². The van der Waals surface area contributed by atoms with E-state index in [1.54, 1.807) is 26.2 Å². The van der Waals surface area contributed by atoms with Crippen LogP contribution in [0.15, 0.2) is 82.1 Å². The molecule has 0 radical (unpaired) electrons. The van der Waals surface area contributed by atoms with Gasteiger partial charge in [0.1, 0.15) is 11.5 Å². The number of fused-ring (bicyclic) bond motifs is 1. The predicted molar refractivity (Wildman–Crippen MR) is 146 cm³/mol. The first-order valence-corrected chi connectivity index (χ1v) is 13.4. The third kappa shape index (κ3) is 5.78. The van der Waals surface area contributed by atoms with E-state index in [0.717, 1.165) is 22.2 Å². The average Bonchev–Trinajstić information content (AvgIpc) is 3.35. The fraction of sp³-hybridized carbons (Fsp3) is 0.172. The topological polar surface area (TPSA) is 121 Å². The molecule has 0 unspecified atom stereocenters. The Morgan fingerprint density at radius 1 is 1.00 bits per heavy atom. The molecule has 0 fully saturated rings. The minimum Gasteiger partial charge on any atom is -0.861 e. The third-order valence-corrected chi connectivity index (χ3v) is 7.22. The van der Waals surface area contributed by atoms with Crippen molar-refractivity contribution in [1.29, 1.82) is 0 Å². The molecule has 38 heavy (non-hydrogen) atoms. The van der Waals surface area contributed by atoms with Gasteiger partial charge in [0.05, 0.1) is 24.8 Å². The molecule has 1 heterocycles. The number of aromatic amines is 1. The summed E-state index contributed by atoms with van der Waals surface area (Å²) in [5.41, 5.74) is 3.57. The number of aromatic nitrogens is 1. The Labute approximate surface area is 221 Å². The SMILES string of the molecule is CCC/C([O-])=N/S(=O)(=O)c1ccc(C(=O)/C=C/c2cc(-c3cc4ccccc4[nH]3)c(OC)cc2OC)cc1. The number of methoxy groups -OCH3 is 2. The summed E-state index contributed by atoms with van der Waals surface area (Å²) >= 11 is 0. The van der Waals surface area contributed by atoms with Crippen molar-refractivity contribution in [2.24, 2.45) is 4.40 Å². The summed E-state index contributed by atoms with van der Waals surface area (Å²) in [7, 11) is -1.01. The molecule has 0 aliphatic rings. The second kappa shape index (κ2) is 11.4. The van der Waals surface area contributed by atoms with Gasteiger partial charge in [0.15, 0.2) is 5.78 Å². The number of benzene rings is 3. The average molecular weight is 532 g/mol. The van der Waals surface area contributed by atoms with Crippen molar-refractivity contribution in [3.8, 4) is 22.8 Å². The Morgan fingerprint density at radius 3 is 2.37 bits per heavy atom. The van der Waals surface area contributed by atoms with Gasteiger partial charge >= 0.3 is 0 Å². The number of hydrogen-bond acceptors (Lipinski definition) is 6. The van der Waals surface area contributed by atoms with Crippen LogP contribution in [-0.4, -0.2) is 39.3 Å². The van der Waals surface area contributed by atoms with Crippen molar-refractivity contribution in [2.75, 3.05) is 14.2 Å². The number of hydrogen-bond donors (Lipinski definition) is 1. The molecule has 0 atom stereocenters. The smallest absolute Gasteiger partial charge is 0.281 e. The second-order valence-electron chi connectivity index (χ2n) is 8.50. The van der Waals surface area contributed by atoms with Crippen LogP contribution in [0.25, 0.3) is 28.2 Å². The molecule has 4 rings (SSSR count). The molecule has 0 saturated heterocycles. The Bertz CT molecular complexity index is 1600. The van der Waals surface area contributed by atoms with Gasteiger partial charge in [-0.25, -0.2) is 0 Å². The number of carbonyl (C=O) groups is 1. The molecule has 1 N–H and O–H groups in total. The van der Waals surface area contributed by atoms with Gasteiger partial charge in [-0.3, -0.25) is 4.79 Å². The zero-order chi connectivity index (χ0) is 27.3. The van der Waals surface area contributed by atoms with Gasteiger partial charge in [-0.15, -0.1) is 0 Å². The third-order valence-electron chi connectivity index (χ3n) is 5.91. The van der Waals surface area contributed by atoms with Crippen LogP contribution in [0.2, 0.25) is 0 Å². The molecule has 9 heteroatoms. The number of H-pyrrole nitrogens is 1. The number of allylic oxidation sites excluding steroid dienone is 1. The molecule has 1 aromatic heterocycles. The lowest BCUT2D eigenvalue weighted by Gasteiger charge is -2.12. The number of rotatable bonds is 10. The summed E-state index contributed by atoms with van der Waals surface area (Å²) in [5.74, 6) is 0.0934. The van der Waals surface area contributed by atoms with E-state index in [1.807, 2.05) is 36.4 Å². The molecule has 0 aliphatic carbocycles. The minimum atomic E-state index is -4.12. The summed E-state index contributed by atoms with van der Waals surface area (Å²) < 4.78 is 39.1. The van der Waals surface area contributed by atoms with Crippen molar-refractivity contribution in [1.82, 2.24) is 4.98 Å². The quantitative estimate of drug-likeness (QED) is 0.133. The van der Waals surface area contributed by atoms with Crippen molar-refractivity contribution in [2.45, 2.75) is 24.7 Å². The first-order valence-electron chi connectivity index (χ1n) is 11.9. The van der Waals surface area contributed by atoms with E-state index in [1.165, 1.54) is 37.5 Å². The summed E-state index contributed by atoms with van der Waals surface area (Å²) in [4.78, 5) is 16.1. The highest BCUT2D eigenvalue weighted by Gasteiger charge is 2.15. The molecule has 3 aromatic carbocycles. The van der Waals surface area contributed by atoms with Crippen LogP contribution in [0, 0.1) is 0 Å². The number of para-hydroxylation sites is 1. The first kappa shape index (κ1) is 26.7. The molecule has 0 aliphatic heterocycles. The van der Waals surface area contributed by atoms with E-state index >= 15 is 0 Å². The summed E-state index contributed by atoms with van der Waals surface area (Å²) in [6.07, 6.45) is 3.57. The summed E-state index contributed by atoms with van der Waals surface area (Å²) in [5, 5.41) is 12.7. The number of sulfonamides is 1. The normalized spacial score (nSPS) is 12.2. The molecule has 8 nitrogen and oxygen atoms in total. The van der Waals surface area contributed by atoms with Crippen molar-refractivity contribution in [3.63, 3.8) is 0 Å². The number of carbonyl (C=O) groups excluding carboxylic acids is 1. The summed E-state index contributed by atoms with van der Waals surface area (Å²) in [6, 6.07) is 18.9. The van der Waals surface area contributed by atoms with E-state index in [9.17, 15) is 18.3 Å². The Kier molecular flexibility index (Phi) is 7.97. The van der Waals surface area contributed by atoms with Crippen LogP contribution >= 0.6 is 0 Å². The van der Waals surface area contributed by atoms with Gasteiger partial charge in [-0.2, -0.15) is 12.8 Å². The Balaban J connectivity index is 1.62. The lowest BCUT2D eigenvalue weighted by Crippen LogP contribution is -2.19. The van der Waals surface area contributed by atoms with Crippen LogP contribution in [-0.2, 0) is 10.0 Å². The molecule has 196 valence electrons. The minimum absolute atomic E-state index is 0.0530. The fourth-order valence-electron chi connectivity index (χ4n) is 3.98. The number of nitrogens with one attached hydrogen (secondary N) is 1. The lowest BCUT2D eigenvalue weighted by molar-refractivity contribution is -0.218. The van der Waals surface area contributed by atoms with Gasteiger partial charge in [-0.05, 0) is 66.9 Å². The van der Waals surface area contributed by atoms with Crippen LogP contribution in [0.5, 0.6) is 11.5 Å². The molecule has 0 bridgehead atoms. The highest BCUT2D eigenvalue weighted by atomic mass is 32.2. The molecule has 0 spiro atoms. The number of ether oxygens (including phenoxy) is 2. The van der Waals surface area contributed by atoms with Crippen LogP contribution in [0.4, 0.5) is 0 Å². The standard InChI is InChI=1S/C29H28N2O6S/c1-4-7-29(33)31-38(34,35)22-13-10-19(11-14-22)26(32)15-12-21-16-23(28(37-3)18-27(21)36-2)25-17-20-8-5-6-9-24(20)30-25/h5-6,8-18,30H,4,7H2,1-3H3,(H,31,33)/p-1/b15-12+. The second-order valence-corrected chi connectivity index (χ2v) is 10.1. The van der Waals surface area contributed by atoms with Gasteiger partial charge in [0.2, 0.25) is 0 Å². The van der Waals surface area contributed by atoms with Gasteiger partial charge < -0.3 is 19.6 Å². The molecule has 4 aromatic rings. The zero-order valence-electron chi connectivity index (χ0n) is 21.2. The fourth-order valence-corrected chi connectivity index (χ4v) is 4.93. The van der Waals surface area contributed by atoms with Crippen molar-refractivity contribution < 1.29 is 27.8 Å². The lowest BCUT2D eigenvalue weighted by atomic mass is 10.0. The maximum absolute atomic E-state index is 12.9. The maximum Gasteiger partial charge on any atom is 0.281 e. The van der Waals surface area contributed by atoms with E-state index in [4.69, 9.17) is 9.47 Å². The van der Waals surface area contributed by atoms with Gasteiger partial charge in [0, 0.05) is 33.7 Å². The molecular weight excluding hydrogens is 504 g/mol. The maximum atomic E-state index is 12.9. The zero-order valence-corrected chi connectivity index (χ0v) is 22.0. The molecular formula is C29H27N2O6S-. The van der Waals surface area contributed by atoms with Crippen molar-refractivity contribution >= 4 is 38.7 Å².